The van der Waals surface area contributed by atoms with E-state index in [-0.39, 0.29) is 5.82 Å². The molecule has 1 aliphatic rings. The molecule has 0 amide bonds. The topological polar surface area (TPSA) is 29.9 Å². The van der Waals surface area contributed by atoms with Crippen LogP contribution < -0.4 is 5.32 Å². The fourth-order valence-corrected chi connectivity index (χ4v) is 2.98. The molecule has 3 rings (SSSR count). The normalized spacial score (nSPS) is 19.2. The maximum absolute atomic E-state index is 14.0. The van der Waals surface area contributed by atoms with Crippen molar-refractivity contribution in [2.75, 3.05) is 13.1 Å². The van der Waals surface area contributed by atoms with E-state index in [4.69, 9.17) is 0 Å². The van der Waals surface area contributed by atoms with Crippen LogP contribution in [0, 0.1) is 11.7 Å². The van der Waals surface area contributed by atoms with Crippen molar-refractivity contribution in [3.8, 4) is 11.1 Å². The molecule has 1 aromatic carbocycles. The molecule has 3 nitrogen and oxygen atoms in total. The second-order valence-corrected chi connectivity index (χ2v) is 5.52. The van der Waals surface area contributed by atoms with Crippen LogP contribution in [0.4, 0.5) is 4.39 Å². The number of piperidine rings is 1. The number of benzene rings is 1. The zero-order valence-electron chi connectivity index (χ0n) is 11.8. The van der Waals surface area contributed by atoms with Gasteiger partial charge < -0.3 is 5.32 Å². The van der Waals surface area contributed by atoms with Crippen molar-refractivity contribution in [1.82, 2.24) is 15.1 Å². The molecule has 2 aromatic rings. The van der Waals surface area contributed by atoms with Gasteiger partial charge in [0, 0.05) is 23.9 Å². The van der Waals surface area contributed by atoms with Gasteiger partial charge in [-0.05, 0) is 44.3 Å². The summed E-state index contributed by atoms with van der Waals surface area (Å²) in [6.07, 6.45) is 5.18. The fraction of sp³-hybridized carbons (Fsp3) is 0.438. The van der Waals surface area contributed by atoms with Gasteiger partial charge in [-0.15, -0.1) is 0 Å². The molecule has 1 N–H and O–H groups in total. The first-order chi connectivity index (χ1) is 9.75. The Labute approximate surface area is 118 Å². The lowest BCUT2D eigenvalue weighted by Crippen LogP contribution is -2.31. The van der Waals surface area contributed by atoms with E-state index in [2.05, 4.69) is 10.4 Å². The SMILES string of the molecule is Cn1ncc(-c2ccccc2F)c1CC1CCCNC1. The third-order valence-corrected chi connectivity index (χ3v) is 4.11. The Kier molecular flexibility index (Phi) is 3.83. The van der Waals surface area contributed by atoms with Gasteiger partial charge in [0.15, 0.2) is 0 Å². The molecule has 2 heterocycles. The summed E-state index contributed by atoms with van der Waals surface area (Å²) in [7, 11) is 1.94. The van der Waals surface area contributed by atoms with Crippen molar-refractivity contribution < 1.29 is 4.39 Å². The van der Waals surface area contributed by atoms with Crippen molar-refractivity contribution in [3.05, 3.63) is 42.0 Å². The molecule has 1 unspecified atom stereocenters. The van der Waals surface area contributed by atoms with Gasteiger partial charge in [-0.3, -0.25) is 4.68 Å². The lowest BCUT2D eigenvalue weighted by atomic mass is 9.92. The van der Waals surface area contributed by atoms with Gasteiger partial charge in [0.25, 0.3) is 0 Å². The minimum atomic E-state index is -0.177. The summed E-state index contributed by atoms with van der Waals surface area (Å²) in [5, 5.41) is 7.76. The van der Waals surface area contributed by atoms with Crippen LogP contribution in [-0.4, -0.2) is 22.9 Å². The summed E-state index contributed by atoms with van der Waals surface area (Å²) < 4.78 is 15.9. The lowest BCUT2D eigenvalue weighted by Gasteiger charge is -2.23. The highest BCUT2D eigenvalue weighted by atomic mass is 19.1. The monoisotopic (exact) mass is 273 g/mol. The van der Waals surface area contributed by atoms with E-state index in [1.807, 2.05) is 23.9 Å². The van der Waals surface area contributed by atoms with Crippen LogP contribution in [0.5, 0.6) is 0 Å². The first-order valence-electron chi connectivity index (χ1n) is 7.22. The molecule has 0 spiro atoms. The molecule has 0 aliphatic carbocycles. The summed E-state index contributed by atoms with van der Waals surface area (Å²) in [6.45, 7) is 2.16. The molecule has 1 fully saturated rings. The van der Waals surface area contributed by atoms with Crippen LogP contribution in [0.3, 0.4) is 0 Å². The first-order valence-corrected chi connectivity index (χ1v) is 7.22. The van der Waals surface area contributed by atoms with Crippen LogP contribution in [0.1, 0.15) is 18.5 Å². The Hall–Kier alpha value is -1.68. The number of hydrogen-bond donors (Lipinski definition) is 1. The number of aryl methyl sites for hydroxylation is 1. The molecule has 0 bridgehead atoms. The number of nitrogens with one attached hydrogen (secondary N) is 1. The number of halogens is 1. The highest BCUT2D eigenvalue weighted by Crippen LogP contribution is 2.28. The lowest BCUT2D eigenvalue weighted by molar-refractivity contribution is 0.370. The van der Waals surface area contributed by atoms with E-state index in [1.54, 1.807) is 12.3 Å². The van der Waals surface area contributed by atoms with Crippen molar-refractivity contribution >= 4 is 0 Å². The Morgan fingerprint density at radius 3 is 2.95 bits per heavy atom. The summed E-state index contributed by atoms with van der Waals surface area (Å²) in [5.74, 6) is 0.438. The Balaban J connectivity index is 1.91. The highest BCUT2D eigenvalue weighted by molar-refractivity contribution is 5.66. The van der Waals surface area contributed by atoms with Crippen LogP contribution in [-0.2, 0) is 13.5 Å². The zero-order chi connectivity index (χ0) is 13.9. The first kappa shape index (κ1) is 13.3. The highest BCUT2D eigenvalue weighted by Gasteiger charge is 2.19. The number of hydrogen-bond acceptors (Lipinski definition) is 2. The molecule has 1 aliphatic heterocycles. The standard InChI is InChI=1S/C16H20FN3/c1-20-16(9-12-5-4-8-18-10-12)14(11-19-20)13-6-2-3-7-15(13)17/h2-3,6-7,11-12,18H,4-5,8-10H2,1H3. The molecular weight excluding hydrogens is 253 g/mol. The largest absolute Gasteiger partial charge is 0.316 e. The van der Waals surface area contributed by atoms with Crippen LogP contribution >= 0.6 is 0 Å². The van der Waals surface area contributed by atoms with Gasteiger partial charge in [0.05, 0.1) is 6.20 Å². The number of rotatable bonds is 3. The van der Waals surface area contributed by atoms with Gasteiger partial charge in [-0.1, -0.05) is 18.2 Å². The second-order valence-electron chi connectivity index (χ2n) is 5.52. The predicted molar refractivity (Wildman–Crippen MR) is 77.9 cm³/mol. The molecule has 1 saturated heterocycles. The maximum atomic E-state index is 14.0. The van der Waals surface area contributed by atoms with Gasteiger partial charge >= 0.3 is 0 Å². The smallest absolute Gasteiger partial charge is 0.131 e. The third-order valence-electron chi connectivity index (χ3n) is 4.11. The second kappa shape index (κ2) is 5.75. The fourth-order valence-electron chi connectivity index (χ4n) is 2.98. The summed E-state index contributed by atoms with van der Waals surface area (Å²) in [6, 6.07) is 6.93. The average Bonchev–Trinajstić information content (AvgIpc) is 2.82. The average molecular weight is 273 g/mol. The number of aromatic nitrogens is 2. The molecule has 1 atom stereocenters. The third kappa shape index (κ3) is 2.61. The molecule has 4 heteroatoms. The van der Waals surface area contributed by atoms with Gasteiger partial charge in [-0.25, -0.2) is 4.39 Å². The summed E-state index contributed by atoms with van der Waals surface area (Å²) in [5.41, 5.74) is 2.71. The van der Waals surface area contributed by atoms with Crippen LogP contribution in [0.25, 0.3) is 11.1 Å². The summed E-state index contributed by atoms with van der Waals surface area (Å²) in [4.78, 5) is 0. The Bertz CT molecular complexity index is 585. The van der Waals surface area contributed by atoms with Gasteiger partial charge in [0.2, 0.25) is 0 Å². The van der Waals surface area contributed by atoms with Gasteiger partial charge in [0.1, 0.15) is 5.82 Å². The van der Waals surface area contributed by atoms with Crippen LogP contribution in [0.15, 0.2) is 30.5 Å². The molecule has 20 heavy (non-hydrogen) atoms. The quantitative estimate of drug-likeness (QED) is 0.932. The Morgan fingerprint density at radius 1 is 1.35 bits per heavy atom. The van der Waals surface area contributed by atoms with Crippen LogP contribution in [0.2, 0.25) is 0 Å². The van der Waals surface area contributed by atoms with Crippen molar-refractivity contribution in [2.45, 2.75) is 19.3 Å². The molecule has 1 aromatic heterocycles. The van der Waals surface area contributed by atoms with Gasteiger partial charge in [-0.2, -0.15) is 5.10 Å². The van der Waals surface area contributed by atoms with E-state index in [1.165, 1.54) is 18.9 Å². The zero-order valence-corrected chi connectivity index (χ0v) is 11.8. The molecule has 106 valence electrons. The maximum Gasteiger partial charge on any atom is 0.131 e. The molecule has 0 saturated carbocycles. The minimum absolute atomic E-state index is 0.177. The van der Waals surface area contributed by atoms with E-state index < -0.39 is 0 Å². The summed E-state index contributed by atoms with van der Waals surface area (Å²) >= 11 is 0. The predicted octanol–water partition coefficient (Wildman–Crippen LogP) is 2.77. The number of nitrogens with zero attached hydrogens (tertiary/aromatic N) is 2. The minimum Gasteiger partial charge on any atom is -0.316 e. The van der Waals surface area contributed by atoms with E-state index in [0.717, 1.165) is 30.8 Å². The molecular formula is C16H20FN3. The van der Waals surface area contributed by atoms with Crippen molar-refractivity contribution in [3.63, 3.8) is 0 Å². The van der Waals surface area contributed by atoms with Crippen molar-refractivity contribution in [2.24, 2.45) is 13.0 Å². The Morgan fingerprint density at radius 2 is 2.20 bits per heavy atom. The van der Waals surface area contributed by atoms with Crippen molar-refractivity contribution in [1.29, 1.82) is 0 Å². The van der Waals surface area contributed by atoms with E-state index >= 15 is 0 Å². The van der Waals surface area contributed by atoms with E-state index in [9.17, 15) is 4.39 Å². The van der Waals surface area contributed by atoms with E-state index in [0.29, 0.717) is 11.5 Å². The molecule has 0 radical (unpaired) electrons.